The zero-order chi connectivity index (χ0) is 14.1. The van der Waals surface area contributed by atoms with Crippen molar-refractivity contribution in [2.45, 2.75) is 19.8 Å². The highest BCUT2D eigenvalue weighted by atomic mass is 32.2. The Bertz CT molecular complexity index is 568. The largest absolute Gasteiger partial charge is 0.478 e. The van der Waals surface area contributed by atoms with Crippen LogP contribution in [0.25, 0.3) is 0 Å². The highest BCUT2D eigenvalue weighted by Gasteiger charge is 2.20. The Hall–Kier alpha value is -1.70. The molecule has 7 nitrogen and oxygen atoms in total. The van der Waals surface area contributed by atoms with Gasteiger partial charge >= 0.3 is 5.97 Å². The van der Waals surface area contributed by atoms with Crippen molar-refractivity contribution in [3.05, 3.63) is 17.5 Å². The number of hydrogen-bond acceptors (Lipinski definition) is 5. The average Bonchev–Trinajstić information content (AvgIpc) is 2.25. The van der Waals surface area contributed by atoms with Gasteiger partial charge in [-0.25, -0.2) is 27.5 Å². The number of aromatic carboxylic acids is 1. The van der Waals surface area contributed by atoms with Gasteiger partial charge in [0.2, 0.25) is 16.0 Å². The molecule has 1 heterocycles. The van der Waals surface area contributed by atoms with Crippen molar-refractivity contribution in [2.75, 3.05) is 17.6 Å². The van der Waals surface area contributed by atoms with Crippen molar-refractivity contribution in [3.63, 3.8) is 0 Å². The molecule has 0 atom stereocenters. The molecule has 1 aromatic heterocycles. The molecule has 0 saturated heterocycles. The third kappa shape index (κ3) is 2.95. The van der Waals surface area contributed by atoms with Crippen LogP contribution in [0, 0.1) is 0 Å². The predicted molar refractivity (Wildman–Crippen MR) is 66.3 cm³/mol. The minimum atomic E-state index is -3.47. The zero-order valence-corrected chi connectivity index (χ0v) is 11.4. The highest BCUT2D eigenvalue weighted by Crippen LogP contribution is 2.20. The van der Waals surface area contributed by atoms with E-state index in [2.05, 4.69) is 9.97 Å². The maximum absolute atomic E-state index is 11.4. The van der Waals surface area contributed by atoms with Gasteiger partial charge in [0, 0.05) is 13.2 Å². The lowest BCUT2D eigenvalue weighted by Gasteiger charge is -2.16. The molecular formula is C10H15N3O4S. The second-order valence-corrected chi connectivity index (χ2v) is 6.17. The standard InChI is InChI=1S/C10H15N3O4S/c1-6(2)8-7(9(14)15)5-11-10(12-8)13(3)18(4,16)17/h5-6H,1-4H3,(H,14,15). The van der Waals surface area contributed by atoms with Gasteiger partial charge in [-0.2, -0.15) is 0 Å². The predicted octanol–water partition coefficient (Wildman–Crippen LogP) is 0.694. The van der Waals surface area contributed by atoms with Crippen molar-refractivity contribution < 1.29 is 18.3 Å². The zero-order valence-electron chi connectivity index (χ0n) is 10.6. The van der Waals surface area contributed by atoms with E-state index in [1.165, 1.54) is 7.05 Å². The number of anilines is 1. The van der Waals surface area contributed by atoms with Gasteiger partial charge in [-0.05, 0) is 5.92 Å². The van der Waals surface area contributed by atoms with Crippen molar-refractivity contribution >= 4 is 21.9 Å². The Balaban J connectivity index is 3.36. The van der Waals surface area contributed by atoms with E-state index in [-0.39, 0.29) is 17.4 Å². The molecule has 18 heavy (non-hydrogen) atoms. The summed E-state index contributed by atoms with van der Waals surface area (Å²) in [6, 6.07) is 0. The molecule has 0 aromatic carbocycles. The third-order valence-electron chi connectivity index (χ3n) is 2.36. The van der Waals surface area contributed by atoms with Crippen LogP contribution in [0.2, 0.25) is 0 Å². The molecular weight excluding hydrogens is 258 g/mol. The van der Waals surface area contributed by atoms with Crippen LogP contribution in [-0.2, 0) is 10.0 Å². The van der Waals surface area contributed by atoms with Crippen LogP contribution in [0.1, 0.15) is 35.8 Å². The Morgan fingerprint density at radius 3 is 2.39 bits per heavy atom. The minimum Gasteiger partial charge on any atom is -0.478 e. The first-order valence-corrected chi connectivity index (χ1v) is 7.03. The minimum absolute atomic E-state index is 0.0179. The quantitative estimate of drug-likeness (QED) is 0.866. The van der Waals surface area contributed by atoms with Crippen molar-refractivity contribution in [2.24, 2.45) is 0 Å². The molecule has 8 heteroatoms. The maximum Gasteiger partial charge on any atom is 0.339 e. The van der Waals surface area contributed by atoms with E-state index < -0.39 is 16.0 Å². The fourth-order valence-electron chi connectivity index (χ4n) is 1.29. The monoisotopic (exact) mass is 273 g/mol. The lowest BCUT2D eigenvalue weighted by molar-refractivity contribution is 0.0694. The average molecular weight is 273 g/mol. The summed E-state index contributed by atoms with van der Waals surface area (Å²) in [7, 11) is -2.16. The molecule has 0 saturated carbocycles. The molecule has 100 valence electrons. The number of hydrogen-bond donors (Lipinski definition) is 1. The highest BCUT2D eigenvalue weighted by molar-refractivity contribution is 7.92. The fraction of sp³-hybridized carbons (Fsp3) is 0.500. The first-order chi connectivity index (χ1) is 8.14. The molecule has 0 aliphatic heterocycles. The van der Waals surface area contributed by atoms with E-state index in [0.717, 1.165) is 16.8 Å². The van der Waals surface area contributed by atoms with Crippen molar-refractivity contribution in [3.8, 4) is 0 Å². The summed E-state index contributed by atoms with van der Waals surface area (Å²) in [4.78, 5) is 18.8. The molecule has 0 aliphatic carbocycles. The van der Waals surface area contributed by atoms with Crippen LogP contribution >= 0.6 is 0 Å². The van der Waals surface area contributed by atoms with Gasteiger partial charge in [-0.1, -0.05) is 13.8 Å². The second kappa shape index (κ2) is 4.89. The summed E-state index contributed by atoms with van der Waals surface area (Å²) in [5.41, 5.74) is 0.290. The smallest absolute Gasteiger partial charge is 0.339 e. The summed E-state index contributed by atoms with van der Waals surface area (Å²) in [5.74, 6) is -1.32. The maximum atomic E-state index is 11.4. The van der Waals surface area contributed by atoms with Crippen LogP contribution in [0.5, 0.6) is 0 Å². The van der Waals surface area contributed by atoms with E-state index in [1.807, 2.05) is 0 Å². The molecule has 1 aromatic rings. The summed E-state index contributed by atoms with van der Waals surface area (Å²) < 4.78 is 23.6. The van der Waals surface area contributed by atoms with Gasteiger partial charge in [-0.3, -0.25) is 0 Å². The Kier molecular flexibility index (Phi) is 3.90. The number of sulfonamides is 1. The van der Waals surface area contributed by atoms with Gasteiger partial charge < -0.3 is 5.11 Å². The van der Waals surface area contributed by atoms with Crippen molar-refractivity contribution in [1.29, 1.82) is 0 Å². The van der Waals surface area contributed by atoms with Gasteiger partial charge in [-0.15, -0.1) is 0 Å². The van der Waals surface area contributed by atoms with Gasteiger partial charge in [0.1, 0.15) is 0 Å². The number of carboxylic acids is 1. The molecule has 1 rings (SSSR count). The fourth-order valence-corrected chi connectivity index (χ4v) is 1.67. The molecule has 0 radical (unpaired) electrons. The number of rotatable bonds is 4. The SMILES string of the molecule is CC(C)c1nc(N(C)S(C)(=O)=O)ncc1C(=O)O. The Morgan fingerprint density at radius 1 is 1.44 bits per heavy atom. The van der Waals surface area contributed by atoms with E-state index in [1.54, 1.807) is 13.8 Å². The third-order valence-corrected chi connectivity index (χ3v) is 3.52. The topological polar surface area (TPSA) is 100 Å². The second-order valence-electron chi connectivity index (χ2n) is 4.16. The number of aromatic nitrogens is 2. The van der Waals surface area contributed by atoms with Crippen LogP contribution < -0.4 is 4.31 Å². The van der Waals surface area contributed by atoms with E-state index in [9.17, 15) is 13.2 Å². The van der Waals surface area contributed by atoms with Crippen LogP contribution in [0.3, 0.4) is 0 Å². The van der Waals surface area contributed by atoms with Crippen LogP contribution in [0.4, 0.5) is 5.95 Å². The lowest BCUT2D eigenvalue weighted by atomic mass is 10.1. The van der Waals surface area contributed by atoms with Crippen LogP contribution in [0.15, 0.2) is 6.20 Å². The molecule has 0 aliphatic rings. The number of nitrogens with zero attached hydrogens (tertiary/aromatic N) is 3. The molecule has 0 fully saturated rings. The molecule has 1 N–H and O–H groups in total. The summed E-state index contributed by atoms with van der Waals surface area (Å²) in [6.07, 6.45) is 2.15. The van der Waals surface area contributed by atoms with E-state index >= 15 is 0 Å². The summed E-state index contributed by atoms with van der Waals surface area (Å²) >= 11 is 0. The van der Waals surface area contributed by atoms with Crippen molar-refractivity contribution in [1.82, 2.24) is 9.97 Å². The first kappa shape index (κ1) is 14.4. The number of carboxylic acid groups (broad SMARTS) is 1. The first-order valence-electron chi connectivity index (χ1n) is 5.18. The molecule has 0 spiro atoms. The van der Waals surface area contributed by atoms with E-state index in [4.69, 9.17) is 5.11 Å². The van der Waals surface area contributed by atoms with E-state index in [0.29, 0.717) is 5.69 Å². The van der Waals surface area contributed by atoms with Crippen LogP contribution in [-0.4, -0.2) is 42.8 Å². The summed E-state index contributed by atoms with van der Waals surface area (Å²) in [6.45, 7) is 3.55. The lowest BCUT2D eigenvalue weighted by Crippen LogP contribution is -2.27. The summed E-state index contributed by atoms with van der Waals surface area (Å²) in [5, 5.41) is 8.99. The molecule has 0 unspecified atom stereocenters. The molecule has 0 amide bonds. The Morgan fingerprint density at radius 2 is 2.00 bits per heavy atom. The van der Waals surface area contributed by atoms with Gasteiger partial charge in [0.25, 0.3) is 0 Å². The van der Waals surface area contributed by atoms with Gasteiger partial charge in [0.05, 0.1) is 17.5 Å². The molecule has 0 bridgehead atoms. The normalized spacial score (nSPS) is 11.6. The number of carbonyl (C=O) groups is 1. The Labute approximate surface area is 106 Å². The van der Waals surface area contributed by atoms with Gasteiger partial charge in [0.15, 0.2) is 0 Å².